The van der Waals surface area contributed by atoms with Crippen LogP contribution in [0.25, 0.3) is 0 Å². The average molecular weight is 326 g/mol. The molecule has 0 bridgehead atoms. The van der Waals surface area contributed by atoms with Crippen LogP contribution in [0, 0.1) is 0 Å². The van der Waals surface area contributed by atoms with E-state index in [0.29, 0.717) is 5.75 Å². The second-order valence-electron chi connectivity index (χ2n) is 5.91. The first kappa shape index (κ1) is 17.3. The zero-order valence-corrected chi connectivity index (χ0v) is 14.5. The molecule has 7 heteroatoms. The molecule has 1 aliphatic rings. The van der Waals surface area contributed by atoms with E-state index >= 15 is 0 Å². The lowest BCUT2D eigenvalue weighted by atomic mass is 10.2. The van der Waals surface area contributed by atoms with Crippen molar-refractivity contribution in [2.24, 2.45) is 0 Å². The summed E-state index contributed by atoms with van der Waals surface area (Å²) in [5, 5.41) is 12.3. The van der Waals surface area contributed by atoms with Crippen LogP contribution in [0.1, 0.15) is 45.9 Å². The van der Waals surface area contributed by atoms with Crippen molar-refractivity contribution in [1.82, 2.24) is 20.1 Å². The van der Waals surface area contributed by atoms with Crippen LogP contribution < -0.4 is 5.32 Å². The van der Waals surface area contributed by atoms with Gasteiger partial charge in [0.25, 0.3) is 0 Å². The molecule has 0 radical (unpaired) electrons. The van der Waals surface area contributed by atoms with Gasteiger partial charge in [-0.05, 0) is 33.1 Å². The molecule has 22 heavy (non-hydrogen) atoms. The predicted octanol–water partition coefficient (Wildman–Crippen LogP) is 2.03. The third-order valence-electron chi connectivity index (χ3n) is 3.46. The fraction of sp³-hybridized carbons (Fsp3) is 0.800. The van der Waals surface area contributed by atoms with E-state index < -0.39 is 0 Å². The number of hydrogen-bond acceptors (Lipinski definition) is 5. The molecule has 2 heterocycles. The number of amides is 1. The van der Waals surface area contributed by atoms with E-state index in [1.165, 1.54) is 11.8 Å². The largest absolute Gasteiger partial charge is 0.376 e. The van der Waals surface area contributed by atoms with Crippen LogP contribution >= 0.6 is 11.8 Å². The lowest BCUT2D eigenvalue weighted by molar-refractivity contribution is -0.119. The molecule has 0 aliphatic carbocycles. The zero-order chi connectivity index (χ0) is 15.9. The van der Waals surface area contributed by atoms with Crippen LogP contribution in [0.4, 0.5) is 0 Å². The molecule has 1 saturated heterocycles. The fourth-order valence-corrected chi connectivity index (χ4v) is 3.28. The van der Waals surface area contributed by atoms with Crippen molar-refractivity contribution in [2.75, 3.05) is 12.4 Å². The Balaban J connectivity index is 2.00. The van der Waals surface area contributed by atoms with E-state index in [9.17, 15) is 4.79 Å². The number of hydrogen-bond donors (Lipinski definition) is 1. The average Bonchev–Trinajstić information content (AvgIpc) is 3.08. The van der Waals surface area contributed by atoms with E-state index in [4.69, 9.17) is 4.74 Å². The molecular formula is C15H26N4O2S. The molecule has 1 fully saturated rings. The van der Waals surface area contributed by atoms with E-state index in [-0.39, 0.29) is 18.1 Å². The van der Waals surface area contributed by atoms with Crippen LogP contribution in [-0.4, -0.2) is 45.2 Å². The normalized spacial score (nSPS) is 18.1. The summed E-state index contributed by atoms with van der Waals surface area (Å²) in [7, 11) is 0. The molecular weight excluding hydrogens is 300 g/mol. The second kappa shape index (κ2) is 8.53. The van der Waals surface area contributed by atoms with Gasteiger partial charge < -0.3 is 14.6 Å². The lowest BCUT2D eigenvalue weighted by Gasteiger charge is -2.14. The summed E-state index contributed by atoms with van der Waals surface area (Å²) in [4.78, 5) is 11.8. The standard InChI is InChI=1S/C15H26N4O2S/c1-4-6-13-17-18-15(22-10-14(20)16-11(2)3)19(13)9-12-7-5-8-21-12/h11-12H,4-10H2,1-3H3,(H,16,20)/t12-/m1/s1. The van der Waals surface area contributed by atoms with Gasteiger partial charge in [0.2, 0.25) is 5.91 Å². The third kappa shape index (κ3) is 4.98. The highest BCUT2D eigenvalue weighted by atomic mass is 32.2. The summed E-state index contributed by atoms with van der Waals surface area (Å²) in [6.07, 6.45) is 4.38. The Kier molecular flexibility index (Phi) is 6.70. The van der Waals surface area contributed by atoms with E-state index in [2.05, 4.69) is 27.0 Å². The Morgan fingerprint density at radius 1 is 1.50 bits per heavy atom. The van der Waals surface area contributed by atoms with Crippen molar-refractivity contribution in [1.29, 1.82) is 0 Å². The number of carbonyl (C=O) groups is 1. The van der Waals surface area contributed by atoms with Crippen LogP contribution in [0.15, 0.2) is 5.16 Å². The molecule has 2 rings (SSSR count). The smallest absolute Gasteiger partial charge is 0.230 e. The molecule has 0 unspecified atom stereocenters. The third-order valence-corrected chi connectivity index (χ3v) is 4.43. The maximum atomic E-state index is 11.8. The number of rotatable bonds is 8. The van der Waals surface area contributed by atoms with Crippen LogP contribution in [0.2, 0.25) is 0 Å². The van der Waals surface area contributed by atoms with Gasteiger partial charge >= 0.3 is 0 Å². The van der Waals surface area contributed by atoms with Crippen molar-refractivity contribution in [3.05, 3.63) is 5.82 Å². The highest BCUT2D eigenvalue weighted by Crippen LogP contribution is 2.21. The van der Waals surface area contributed by atoms with Crippen LogP contribution in [0.5, 0.6) is 0 Å². The minimum absolute atomic E-state index is 0.0312. The number of thioether (sulfide) groups is 1. The molecule has 0 saturated carbocycles. The second-order valence-corrected chi connectivity index (χ2v) is 6.85. The summed E-state index contributed by atoms with van der Waals surface area (Å²) in [5.41, 5.74) is 0. The quantitative estimate of drug-likeness (QED) is 0.740. The van der Waals surface area contributed by atoms with Gasteiger partial charge in [0.1, 0.15) is 5.82 Å². The molecule has 0 spiro atoms. The molecule has 0 aromatic carbocycles. The Morgan fingerprint density at radius 3 is 2.95 bits per heavy atom. The van der Waals surface area contributed by atoms with Gasteiger partial charge in [-0.2, -0.15) is 0 Å². The Morgan fingerprint density at radius 2 is 2.32 bits per heavy atom. The topological polar surface area (TPSA) is 69.0 Å². The molecule has 1 aliphatic heterocycles. The first-order valence-electron chi connectivity index (χ1n) is 8.06. The summed E-state index contributed by atoms with van der Waals surface area (Å²) in [6.45, 7) is 7.68. The zero-order valence-electron chi connectivity index (χ0n) is 13.7. The highest BCUT2D eigenvalue weighted by Gasteiger charge is 2.21. The molecule has 1 aromatic rings. The molecule has 1 aromatic heterocycles. The van der Waals surface area contributed by atoms with Crippen molar-refractivity contribution in [3.8, 4) is 0 Å². The van der Waals surface area contributed by atoms with E-state index in [1.807, 2.05) is 13.8 Å². The summed E-state index contributed by atoms with van der Waals surface area (Å²) in [6, 6.07) is 0.161. The van der Waals surface area contributed by atoms with Crippen molar-refractivity contribution >= 4 is 17.7 Å². The number of ether oxygens (including phenoxy) is 1. The van der Waals surface area contributed by atoms with Gasteiger partial charge in [0.05, 0.1) is 18.4 Å². The molecule has 1 amide bonds. The Hall–Kier alpha value is -1.08. The van der Waals surface area contributed by atoms with E-state index in [0.717, 1.165) is 49.8 Å². The lowest BCUT2D eigenvalue weighted by Crippen LogP contribution is -2.31. The van der Waals surface area contributed by atoms with Gasteiger partial charge in [0.15, 0.2) is 5.16 Å². The molecule has 1 N–H and O–H groups in total. The minimum atomic E-state index is 0.0312. The SMILES string of the molecule is CCCc1nnc(SCC(=O)NC(C)C)n1C[C@H]1CCCO1. The summed E-state index contributed by atoms with van der Waals surface area (Å²) in [5.74, 6) is 1.39. The first-order chi connectivity index (χ1) is 10.6. The van der Waals surface area contributed by atoms with Gasteiger partial charge in [-0.3, -0.25) is 4.79 Å². The molecule has 124 valence electrons. The van der Waals surface area contributed by atoms with Gasteiger partial charge in [-0.25, -0.2) is 0 Å². The van der Waals surface area contributed by atoms with Gasteiger partial charge in [-0.1, -0.05) is 18.7 Å². The number of carbonyl (C=O) groups excluding carboxylic acids is 1. The first-order valence-corrected chi connectivity index (χ1v) is 9.04. The Bertz CT molecular complexity index is 484. The highest BCUT2D eigenvalue weighted by molar-refractivity contribution is 7.99. The van der Waals surface area contributed by atoms with Crippen LogP contribution in [0.3, 0.4) is 0 Å². The number of nitrogens with zero attached hydrogens (tertiary/aromatic N) is 3. The maximum Gasteiger partial charge on any atom is 0.230 e. The van der Waals surface area contributed by atoms with Gasteiger partial charge in [-0.15, -0.1) is 10.2 Å². The van der Waals surface area contributed by atoms with Crippen molar-refractivity contribution in [2.45, 2.75) is 70.3 Å². The molecule has 6 nitrogen and oxygen atoms in total. The summed E-state index contributed by atoms with van der Waals surface area (Å²) < 4.78 is 7.86. The van der Waals surface area contributed by atoms with Crippen molar-refractivity contribution in [3.63, 3.8) is 0 Å². The number of aromatic nitrogens is 3. The predicted molar refractivity (Wildman–Crippen MR) is 87.0 cm³/mol. The minimum Gasteiger partial charge on any atom is -0.376 e. The van der Waals surface area contributed by atoms with E-state index in [1.54, 1.807) is 0 Å². The fourth-order valence-electron chi connectivity index (χ4n) is 2.50. The monoisotopic (exact) mass is 326 g/mol. The number of aryl methyl sites for hydroxylation is 1. The Labute approximate surface area is 136 Å². The van der Waals surface area contributed by atoms with Crippen molar-refractivity contribution < 1.29 is 9.53 Å². The maximum absolute atomic E-state index is 11.8. The number of nitrogens with one attached hydrogen (secondary N) is 1. The van der Waals surface area contributed by atoms with Gasteiger partial charge in [0, 0.05) is 19.1 Å². The van der Waals surface area contributed by atoms with Crippen LogP contribution in [-0.2, 0) is 22.5 Å². The molecule has 1 atom stereocenters. The summed E-state index contributed by atoms with van der Waals surface area (Å²) >= 11 is 1.45.